The van der Waals surface area contributed by atoms with E-state index in [0.29, 0.717) is 5.56 Å². The molecule has 112 valence electrons. The third-order valence-corrected chi connectivity index (χ3v) is 3.31. The van der Waals surface area contributed by atoms with Gasteiger partial charge in [0.2, 0.25) is 5.69 Å². The van der Waals surface area contributed by atoms with Crippen molar-refractivity contribution in [3.63, 3.8) is 0 Å². The van der Waals surface area contributed by atoms with Gasteiger partial charge in [-0.2, -0.15) is 18.3 Å². The summed E-state index contributed by atoms with van der Waals surface area (Å²) in [5, 5.41) is 14.2. The van der Waals surface area contributed by atoms with E-state index < -0.39 is 22.5 Å². The zero-order valence-electron chi connectivity index (χ0n) is 10.5. The number of rotatable bonds is 4. The Balaban J connectivity index is 2.54. The highest BCUT2D eigenvalue weighted by Crippen LogP contribution is 2.38. The molecule has 0 N–H and O–H groups in total. The average molecular weight is 364 g/mol. The predicted octanol–water partition coefficient (Wildman–Crippen LogP) is 3.75. The number of aromatic nitrogens is 2. The summed E-state index contributed by atoms with van der Waals surface area (Å²) in [5.74, 6) is 0. The molecule has 0 fully saturated rings. The SMILES string of the molecule is O=[N+]([O-])c1c(C(F)(F)F)nn(Cc2ccccc2)c1CBr. The van der Waals surface area contributed by atoms with Gasteiger partial charge in [-0.15, -0.1) is 0 Å². The number of nitrogens with zero attached hydrogens (tertiary/aromatic N) is 3. The Hall–Kier alpha value is -1.90. The first-order valence-electron chi connectivity index (χ1n) is 5.75. The van der Waals surface area contributed by atoms with Crippen LogP contribution in [0, 0.1) is 10.1 Å². The quantitative estimate of drug-likeness (QED) is 0.472. The fourth-order valence-electron chi connectivity index (χ4n) is 1.89. The molecule has 0 saturated heterocycles. The van der Waals surface area contributed by atoms with Gasteiger partial charge in [0, 0.05) is 0 Å². The number of hydrogen-bond donors (Lipinski definition) is 0. The zero-order valence-corrected chi connectivity index (χ0v) is 12.1. The second-order valence-electron chi connectivity index (χ2n) is 4.18. The number of nitro groups is 1. The van der Waals surface area contributed by atoms with E-state index in [9.17, 15) is 23.3 Å². The number of alkyl halides is 4. The van der Waals surface area contributed by atoms with Crippen molar-refractivity contribution >= 4 is 21.6 Å². The first-order chi connectivity index (χ1) is 9.84. The van der Waals surface area contributed by atoms with Gasteiger partial charge in [0.25, 0.3) is 0 Å². The van der Waals surface area contributed by atoms with E-state index in [1.54, 1.807) is 30.3 Å². The molecule has 9 heteroatoms. The molecule has 5 nitrogen and oxygen atoms in total. The van der Waals surface area contributed by atoms with Crippen molar-refractivity contribution in [1.29, 1.82) is 0 Å². The van der Waals surface area contributed by atoms with Crippen molar-refractivity contribution < 1.29 is 18.1 Å². The maximum absolute atomic E-state index is 12.9. The van der Waals surface area contributed by atoms with Gasteiger partial charge >= 0.3 is 11.9 Å². The summed E-state index contributed by atoms with van der Waals surface area (Å²) in [5.41, 5.74) is -1.89. The molecule has 0 atom stereocenters. The lowest BCUT2D eigenvalue weighted by atomic mass is 10.2. The standard InChI is InChI=1S/C12H9BrF3N3O2/c13-6-9-10(19(20)21)11(12(14,15)16)17-18(9)7-8-4-2-1-3-5-8/h1-5H,6-7H2. The molecule has 0 unspecified atom stereocenters. The Morgan fingerprint density at radius 1 is 1.29 bits per heavy atom. The fraction of sp³-hybridized carbons (Fsp3) is 0.250. The molecule has 1 aromatic carbocycles. The molecule has 2 rings (SSSR count). The van der Waals surface area contributed by atoms with Gasteiger partial charge in [0.1, 0.15) is 5.69 Å². The highest BCUT2D eigenvalue weighted by atomic mass is 79.9. The number of hydrogen-bond acceptors (Lipinski definition) is 3. The third-order valence-electron chi connectivity index (χ3n) is 2.78. The van der Waals surface area contributed by atoms with E-state index in [4.69, 9.17) is 0 Å². The highest BCUT2D eigenvalue weighted by molar-refractivity contribution is 9.08. The smallest absolute Gasteiger partial charge is 0.258 e. The second kappa shape index (κ2) is 5.84. The van der Waals surface area contributed by atoms with Gasteiger partial charge in [-0.3, -0.25) is 14.8 Å². The largest absolute Gasteiger partial charge is 0.442 e. The van der Waals surface area contributed by atoms with Crippen LogP contribution in [-0.2, 0) is 18.1 Å². The van der Waals surface area contributed by atoms with Crippen LogP contribution in [0.2, 0.25) is 0 Å². The molecular formula is C12H9BrF3N3O2. The minimum absolute atomic E-state index is 0.0265. The minimum atomic E-state index is -4.87. The van der Waals surface area contributed by atoms with E-state index >= 15 is 0 Å². The summed E-state index contributed by atoms with van der Waals surface area (Å²) < 4.78 is 39.6. The first-order valence-corrected chi connectivity index (χ1v) is 6.88. The summed E-state index contributed by atoms with van der Waals surface area (Å²) in [6.45, 7) is 0.0265. The Labute approximate surface area is 125 Å². The van der Waals surface area contributed by atoms with Crippen LogP contribution in [0.15, 0.2) is 30.3 Å². The van der Waals surface area contributed by atoms with Crippen molar-refractivity contribution in [3.8, 4) is 0 Å². The molecule has 0 spiro atoms. The molecule has 0 radical (unpaired) electrons. The molecule has 0 aliphatic heterocycles. The lowest BCUT2D eigenvalue weighted by molar-refractivity contribution is -0.388. The molecule has 0 saturated carbocycles. The summed E-state index contributed by atoms with van der Waals surface area (Å²) in [7, 11) is 0. The first kappa shape index (κ1) is 15.5. The normalized spacial score (nSPS) is 11.6. The molecule has 2 aromatic rings. The van der Waals surface area contributed by atoms with Gasteiger partial charge in [-0.25, -0.2) is 0 Å². The van der Waals surface area contributed by atoms with Gasteiger partial charge in [0.15, 0.2) is 0 Å². The fourth-order valence-corrected chi connectivity index (χ4v) is 2.44. The van der Waals surface area contributed by atoms with Crippen LogP contribution in [0.5, 0.6) is 0 Å². The van der Waals surface area contributed by atoms with E-state index in [1.165, 1.54) is 0 Å². The van der Waals surface area contributed by atoms with E-state index in [0.717, 1.165) is 4.68 Å². The second-order valence-corrected chi connectivity index (χ2v) is 4.74. The van der Waals surface area contributed by atoms with Crippen molar-refractivity contribution in [3.05, 3.63) is 57.4 Å². The van der Waals surface area contributed by atoms with Gasteiger partial charge in [0.05, 0.1) is 16.8 Å². The zero-order chi connectivity index (χ0) is 15.6. The van der Waals surface area contributed by atoms with Crippen LogP contribution < -0.4 is 0 Å². The highest BCUT2D eigenvalue weighted by Gasteiger charge is 2.44. The molecule has 21 heavy (non-hydrogen) atoms. The molecular weight excluding hydrogens is 355 g/mol. The maximum Gasteiger partial charge on any atom is 0.442 e. The average Bonchev–Trinajstić information content (AvgIpc) is 2.78. The Morgan fingerprint density at radius 2 is 1.90 bits per heavy atom. The number of benzene rings is 1. The van der Waals surface area contributed by atoms with Gasteiger partial charge in [-0.1, -0.05) is 46.3 Å². The summed E-state index contributed by atoms with van der Waals surface area (Å²) in [6.07, 6.45) is -4.87. The Bertz CT molecular complexity index is 656. The Kier molecular flexibility index (Phi) is 4.31. The molecule has 0 amide bonds. The van der Waals surface area contributed by atoms with Crippen molar-refractivity contribution in [2.24, 2.45) is 0 Å². The Morgan fingerprint density at radius 3 is 2.38 bits per heavy atom. The van der Waals surface area contributed by atoms with Crippen LogP contribution in [0.25, 0.3) is 0 Å². The summed E-state index contributed by atoms with van der Waals surface area (Å²) in [4.78, 5) is 9.90. The van der Waals surface area contributed by atoms with E-state index in [1.807, 2.05) is 0 Å². The van der Waals surface area contributed by atoms with Crippen LogP contribution in [0.1, 0.15) is 17.0 Å². The monoisotopic (exact) mass is 363 g/mol. The molecule has 0 aliphatic rings. The molecule has 0 aliphatic carbocycles. The van der Waals surface area contributed by atoms with E-state index in [-0.39, 0.29) is 17.6 Å². The van der Waals surface area contributed by atoms with Crippen molar-refractivity contribution in [1.82, 2.24) is 9.78 Å². The minimum Gasteiger partial charge on any atom is -0.258 e. The lowest BCUT2D eigenvalue weighted by Crippen LogP contribution is -2.10. The topological polar surface area (TPSA) is 61.0 Å². The van der Waals surface area contributed by atoms with Crippen molar-refractivity contribution in [2.45, 2.75) is 18.1 Å². The van der Waals surface area contributed by atoms with Crippen LogP contribution in [-0.4, -0.2) is 14.7 Å². The predicted molar refractivity (Wildman–Crippen MR) is 72.1 cm³/mol. The lowest BCUT2D eigenvalue weighted by Gasteiger charge is -2.04. The molecule has 1 aromatic heterocycles. The number of halogens is 4. The third kappa shape index (κ3) is 3.23. The molecule has 0 bridgehead atoms. The molecule has 1 heterocycles. The van der Waals surface area contributed by atoms with Crippen LogP contribution >= 0.6 is 15.9 Å². The van der Waals surface area contributed by atoms with Crippen LogP contribution in [0.3, 0.4) is 0 Å². The van der Waals surface area contributed by atoms with E-state index in [2.05, 4.69) is 21.0 Å². The van der Waals surface area contributed by atoms with Gasteiger partial charge in [-0.05, 0) is 5.56 Å². The summed E-state index contributed by atoms with van der Waals surface area (Å²) >= 11 is 2.99. The van der Waals surface area contributed by atoms with Gasteiger partial charge < -0.3 is 0 Å². The van der Waals surface area contributed by atoms with Crippen LogP contribution in [0.4, 0.5) is 18.9 Å². The van der Waals surface area contributed by atoms with Crippen molar-refractivity contribution in [2.75, 3.05) is 0 Å². The maximum atomic E-state index is 12.9. The summed E-state index contributed by atoms with van der Waals surface area (Å²) in [6, 6.07) is 8.64.